The molecule has 130 valence electrons. The van der Waals surface area contributed by atoms with Crippen molar-refractivity contribution in [2.24, 2.45) is 5.92 Å². The number of hydrogen-bond donors (Lipinski definition) is 1. The van der Waals surface area contributed by atoms with Gasteiger partial charge in [-0.2, -0.15) is 0 Å². The molecule has 0 heterocycles. The molecule has 0 radical (unpaired) electrons. The maximum absolute atomic E-state index is 12.2. The van der Waals surface area contributed by atoms with Crippen molar-refractivity contribution in [1.82, 2.24) is 10.2 Å². The first kappa shape index (κ1) is 19.8. The molecule has 4 nitrogen and oxygen atoms in total. The van der Waals surface area contributed by atoms with Gasteiger partial charge in [-0.15, -0.1) is 12.4 Å². The van der Waals surface area contributed by atoms with Gasteiger partial charge in [-0.1, -0.05) is 19.3 Å². The van der Waals surface area contributed by atoms with Crippen molar-refractivity contribution >= 4 is 18.3 Å². The molecular weight excluding hydrogens is 312 g/mol. The van der Waals surface area contributed by atoms with Crippen LogP contribution in [0.15, 0.2) is 24.3 Å². The number of ether oxygens (including phenoxy) is 1. The number of carbonyl (C=O) groups is 1. The van der Waals surface area contributed by atoms with Gasteiger partial charge in [-0.25, -0.2) is 0 Å². The Morgan fingerprint density at radius 1 is 1.22 bits per heavy atom. The molecule has 5 heteroatoms. The minimum absolute atomic E-state index is 0. The summed E-state index contributed by atoms with van der Waals surface area (Å²) in [6, 6.07) is 7.52. The summed E-state index contributed by atoms with van der Waals surface area (Å²) in [6.07, 6.45) is 6.61. The Morgan fingerprint density at radius 3 is 2.48 bits per heavy atom. The third-order valence-corrected chi connectivity index (χ3v) is 4.36. The molecule has 1 aromatic rings. The van der Waals surface area contributed by atoms with Gasteiger partial charge < -0.3 is 15.0 Å². The lowest BCUT2D eigenvalue weighted by Gasteiger charge is -2.21. The van der Waals surface area contributed by atoms with Crippen molar-refractivity contribution in [2.45, 2.75) is 32.1 Å². The summed E-state index contributed by atoms with van der Waals surface area (Å²) >= 11 is 0. The molecule has 0 saturated heterocycles. The van der Waals surface area contributed by atoms with Gasteiger partial charge in [0, 0.05) is 25.7 Å². The molecule has 1 fully saturated rings. The van der Waals surface area contributed by atoms with E-state index in [4.69, 9.17) is 4.74 Å². The van der Waals surface area contributed by atoms with Gasteiger partial charge in [-0.3, -0.25) is 4.79 Å². The van der Waals surface area contributed by atoms with Gasteiger partial charge in [0.15, 0.2) is 0 Å². The van der Waals surface area contributed by atoms with Gasteiger partial charge in [-0.05, 0) is 50.1 Å². The Balaban J connectivity index is 0.00000264. The smallest absolute Gasteiger partial charge is 0.253 e. The van der Waals surface area contributed by atoms with Crippen LogP contribution in [0.2, 0.25) is 0 Å². The van der Waals surface area contributed by atoms with Gasteiger partial charge >= 0.3 is 0 Å². The van der Waals surface area contributed by atoms with E-state index in [1.807, 2.05) is 38.4 Å². The summed E-state index contributed by atoms with van der Waals surface area (Å²) in [5, 5.41) is 3.05. The van der Waals surface area contributed by atoms with Gasteiger partial charge in [0.25, 0.3) is 5.91 Å². The van der Waals surface area contributed by atoms with E-state index in [1.165, 1.54) is 32.1 Å². The predicted molar refractivity (Wildman–Crippen MR) is 96.6 cm³/mol. The lowest BCUT2D eigenvalue weighted by Crippen LogP contribution is -2.32. The van der Waals surface area contributed by atoms with Crippen LogP contribution in [0.1, 0.15) is 42.5 Å². The highest BCUT2D eigenvalue weighted by Gasteiger charge is 2.14. The minimum Gasteiger partial charge on any atom is -0.493 e. The number of hydrogen-bond acceptors (Lipinski definition) is 3. The quantitative estimate of drug-likeness (QED) is 0.827. The zero-order valence-corrected chi connectivity index (χ0v) is 15.0. The first-order valence-electron chi connectivity index (χ1n) is 8.33. The normalized spacial score (nSPS) is 14.9. The number of halogens is 1. The lowest BCUT2D eigenvalue weighted by molar-refractivity contribution is 0.0797. The van der Waals surface area contributed by atoms with Crippen molar-refractivity contribution in [2.75, 3.05) is 33.8 Å². The van der Waals surface area contributed by atoms with Crippen molar-refractivity contribution in [3.05, 3.63) is 29.8 Å². The second kappa shape index (κ2) is 10.5. The van der Waals surface area contributed by atoms with Crippen molar-refractivity contribution in [3.63, 3.8) is 0 Å². The van der Waals surface area contributed by atoms with Gasteiger partial charge in [0.05, 0.1) is 6.61 Å². The van der Waals surface area contributed by atoms with E-state index >= 15 is 0 Å². The number of benzene rings is 1. The number of nitrogens with one attached hydrogen (secondary N) is 1. The minimum atomic E-state index is 0. The van der Waals surface area contributed by atoms with Crippen molar-refractivity contribution in [1.29, 1.82) is 0 Å². The van der Waals surface area contributed by atoms with Crippen LogP contribution in [-0.2, 0) is 0 Å². The van der Waals surface area contributed by atoms with Crippen molar-refractivity contribution < 1.29 is 9.53 Å². The molecule has 0 unspecified atom stereocenters. The molecule has 1 aromatic carbocycles. The van der Waals surface area contributed by atoms with E-state index in [0.29, 0.717) is 18.0 Å². The number of amides is 1. The van der Waals surface area contributed by atoms with Crippen LogP contribution in [0.4, 0.5) is 0 Å². The molecule has 0 aliphatic heterocycles. The van der Waals surface area contributed by atoms with Crippen LogP contribution in [-0.4, -0.2) is 44.6 Å². The average molecular weight is 341 g/mol. The van der Waals surface area contributed by atoms with E-state index in [0.717, 1.165) is 18.9 Å². The zero-order chi connectivity index (χ0) is 15.8. The topological polar surface area (TPSA) is 41.6 Å². The number of nitrogens with zero attached hydrogens (tertiary/aromatic N) is 1. The SMILES string of the molecule is CNCCN(C)C(=O)c1ccc(OCC2CCCCC2)cc1.Cl. The first-order chi connectivity index (χ1) is 10.7. The lowest BCUT2D eigenvalue weighted by atomic mass is 9.90. The molecule has 23 heavy (non-hydrogen) atoms. The van der Waals surface area contributed by atoms with E-state index in [-0.39, 0.29) is 18.3 Å². The summed E-state index contributed by atoms with van der Waals surface area (Å²) in [7, 11) is 3.71. The molecular formula is C18H29ClN2O2. The molecule has 0 aromatic heterocycles. The number of carbonyl (C=O) groups excluding carboxylic acids is 1. The van der Waals surface area contributed by atoms with Gasteiger partial charge in [0.1, 0.15) is 5.75 Å². The van der Waals surface area contributed by atoms with Crippen LogP contribution in [0.3, 0.4) is 0 Å². The fraction of sp³-hybridized carbons (Fsp3) is 0.611. The molecule has 1 amide bonds. The summed E-state index contributed by atoms with van der Waals surface area (Å²) in [4.78, 5) is 14.0. The third kappa shape index (κ3) is 6.40. The largest absolute Gasteiger partial charge is 0.493 e. The Labute approximate surface area is 146 Å². The molecule has 0 atom stereocenters. The summed E-state index contributed by atoms with van der Waals surface area (Å²) < 4.78 is 5.87. The Hall–Kier alpha value is -1.26. The van der Waals surface area contributed by atoms with E-state index in [2.05, 4.69) is 5.32 Å². The summed E-state index contributed by atoms with van der Waals surface area (Å²) in [5.41, 5.74) is 0.712. The molecule has 1 aliphatic rings. The zero-order valence-electron chi connectivity index (χ0n) is 14.2. The molecule has 1 saturated carbocycles. The van der Waals surface area contributed by atoms with Crippen LogP contribution < -0.4 is 10.1 Å². The van der Waals surface area contributed by atoms with Crippen LogP contribution in [0, 0.1) is 5.92 Å². The highest BCUT2D eigenvalue weighted by atomic mass is 35.5. The molecule has 2 rings (SSSR count). The summed E-state index contributed by atoms with van der Waals surface area (Å²) in [6.45, 7) is 2.30. The fourth-order valence-electron chi connectivity index (χ4n) is 2.86. The summed E-state index contributed by atoms with van der Waals surface area (Å²) in [5.74, 6) is 1.61. The number of likely N-dealkylation sites (N-methyl/N-ethyl adjacent to an activating group) is 2. The van der Waals surface area contributed by atoms with E-state index in [9.17, 15) is 4.79 Å². The molecule has 0 bridgehead atoms. The Bertz CT molecular complexity index is 459. The highest BCUT2D eigenvalue weighted by molar-refractivity contribution is 5.94. The Morgan fingerprint density at radius 2 is 1.87 bits per heavy atom. The fourth-order valence-corrected chi connectivity index (χ4v) is 2.86. The van der Waals surface area contributed by atoms with Crippen LogP contribution in [0.25, 0.3) is 0 Å². The van der Waals surface area contributed by atoms with Gasteiger partial charge in [0.2, 0.25) is 0 Å². The Kier molecular flexibility index (Phi) is 9.03. The van der Waals surface area contributed by atoms with E-state index in [1.54, 1.807) is 4.90 Å². The standard InChI is InChI=1S/C18H28N2O2.ClH/c1-19-12-13-20(2)18(21)16-8-10-17(11-9-16)22-14-15-6-4-3-5-7-15;/h8-11,15,19H,3-7,12-14H2,1-2H3;1H. The average Bonchev–Trinajstić information content (AvgIpc) is 2.58. The number of rotatable bonds is 7. The second-order valence-electron chi connectivity index (χ2n) is 6.17. The van der Waals surface area contributed by atoms with Crippen molar-refractivity contribution in [3.8, 4) is 5.75 Å². The molecule has 0 spiro atoms. The van der Waals surface area contributed by atoms with E-state index < -0.39 is 0 Å². The maximum Gasteiger partial charge on any atom is 0.253 e. The molecule has 1 N–H and O–H groups in total. The van der Waals surface area contributed by atoms with Crippen LogP contribution in [0.5, 0.6) is 5.75 Å². The highest BCUT2D eigenvalue weighted by Crippen LogP contribution is 2.24. The maximum atomic E-state index is 12.2. The monoisotopic (exact) mass is 340 g/mol. The van der Waals surface area contributed by atoms with Crippen LogP contribution >= 0.6 is 12.4 Å². The molecule has 1 aliphatic carbocycles. The first-order valence-corrected chi connectivity index (χ1v) is 8.33. The second-order valence-corrected chi connectivity index (χ2v) is 6.17. The third-order valence-electron chi connectivity index (χ3n) is 4.36. The predicted octanol–water partition coefficient (Wildman–Crippen LogP) is 3.36.